The van der Waals surface area contributed by atoms with Crippen LogP contribution >= 0.6 is 11.8 Å². The van der Waals surface area contributed by atoms with Crippen molar-refractivity contribution in [1.82, 2.24) is 10.3 Å². The van der Waals surface area contributed by atoms with Gasteiger partial charge in [0.25, 0.3) is 0 Å². The van der Waals surface area contributed by atoms with Crippen molar-refractivity contribution in [2.24, 2.45) is 5.73 Å². The maximum atomic E-state index is 11.8. The number of carbonyl (C=O) groups is 2. The standard InChI is InChI=1S/C15H17N3O2S/c1-3-17-15(20)9(2)21-13-8-11(14(16)19)10-6-4-5-7-12(10)18-13/h4-9H,3H2,1-2H3,(H2,16,19)(H,17,20)/t9-/m0/s1. The van der Waals surface area contributed by atoms with Crippen LogP contribution in [0, 0.1) is 0 Å². The van der Waals surface area contributed by atoms with Gasteiger partial charge in [0, 0.05) is 11.9 Å². The van der Waals surface area contributed by atoms with Gasteiger partial charge < -0.3 is 11.1 Å². The number of pyridine rings is 1. The van der Waals surface area contributed by atoms with Crippen molar-refractivity contribution in [3.05, 3.63) is 35.9 Å². The summed E-state index contributed by atoms with van der Waals surface area (Å²) in [5.74, 6) is -0.556. The first kappa shape index (κ1) is 15.3. The van der Waals surface area contributed by atoms with E-state index in [0.717, 1.165) is 5.39 Å². The number of nitrogens with zero attached hydrogens (tertiary/aromatic N) is 1. The van der Waals surface area contributed by atoms with Gasteiger partial charge in [-0.15, -0.1) is 0 Å². The minimum absolute atomic E-state index is 0.0573. The third-order valence-electron chi connectivity index (χ3n) is 2.98. The second kappa shape index (κ2) is 6.58. The number of hydrogen-bond acceptors (Lipinski definition) is 4. The van der Waals surface area contributed by atoms with E-state index in [4.69, 9.17) is 5.73 Å². The van der Waals surface area contributed by atoms with Gasteiger partial charge in [-0.05, 0) is 26.0 Å². The molecule has 2 rings (SSSR count). The highest BCUT2D eigenvalue weighted by Crippen LogP contribution is 2.26. The molecule has 3 N–H and O–H groups in total. The average Bonchev–Trinajstić information content (AvgIpc) is 2.46. The van der Waals surface area contributed by atoms with E-state index in [9.17, 15) is 9.59 Å². The summed E-state index contributed by atoms with van der Waals surface area (Å²) in [5.41, 5.74) is 6.55. The molecule has 6 heteroatoms. The van der Waals surface area contributed by atoms with Gasteiger partial charge in [0.2, 0.25) is 11.8 Å². The summed E-state index contributed by atoms with van der Waals surface area (Å²) in [6.07, 6.45) is 0. The second-order valence-electron chi connectivity index (χ2n) is 4.54. The molecule has 0 aliphatic heterocycles. The van der Waals surface area contributed by atoms with E-state index < -0.39 is 5.91 Å². The molecule has 0 aliphatic carbocycles. The van der Waals surface area contributed by atoms with Crippen LogP contribution in [0.3, 0.4) is 0 Å². The average molecular weight is 303 g/mol. The van der Waals surface area contributed by atoms with E-state index in [-0.39, 0.29) is 11.2 Å². The SMILES string of the molecule is CCNC(=O)[C@H](C)Sc1cc(C(N)=O)c2ccccc2n1. The summed E-state index contributed by atoms with van der Waals surface area (Å²) >= 11 is 1.31. The summed E-state index contributed by atoms with van der Waals surface area (Å²) in [6, 6.07) is 8.96. The van der Waals surface area contributed by atoms with Crippen molar-refractivity contribution in [2.75, 3.05) is 6.54 Å². The lowest BCUT2D eigenvalue weighted by Gasteiger charge is -2.12. The summed E-state index contributed by atoms with van der Waals surface area (Å²) in [6.45, 7) is 4.26. The minimum Gasteiger partial charge on any atom is -0.366 e. The number of thioether (sulfide) groups is 1. The zero-order valence-electron chi connectivity index (χ0n) is 11.9. The van der Waals surface area contributed by atoms with Crippen LogP contribution in [0.2, 0.25) is 0 Å². The van der Waals surface area contributed by atoms with Crippen LogP contribution in [0.5, 0.6) is 0 Å². The molecule has 0 bridgehead atoms. The minimum atomic E-state index is -0.499. The number of carbonyl (C=O) groups excluding carboxylic acids is 2. The van der Waals surface area contributed by atoms with Gasteiger partial charge in [0.15, 0.2) is 0 Å². The highest BCUT2D eigenvalue weighted by Gasteiger charge is 2.16. The van der Waals surface area contributed by atoms with Crippen molar-refractivity contribution in [2.45, 2.75) is 24.1 Å². The molecule has 0 saturated carbocycles. The van der Waals surface area contributed by atoms with Crippen LogP contribution in [0.4, 0.5) is 0 Å². The molecule has 1 atom stereocenters. The number of rotatable bonds is 5. The first-order valence-electron chi connectivity index (χ1n) is 6.67. The zero-order valence-corrected chi connectivity index (χ0v) is 12.7. The Labute approximate surface area is 127 Å². The Morgan fingerprint density at radius 2 is 2.10 bits per heavy atom. The Hall–Kier alpha value is -2.08. The Bertz CT molecular complexity index is 688. The Kier molecular flexibility index (Phi) is 4.80. The molecule has 0 spiro atoms. The van der Waals surface area contributed by atoms with Crippen LogP contribution < -0.4 is 11.1 Å². The zero-order chi connectivity index (χ0) is 15.4. The molecule has 2 aromatic rings. The number of hydrogen-bond donors (Lipinski definition) is 2. The van der Waals surface area contributed by atoms with Gasteiger partial charge in [-0.2, -0.15) is 0 Å². The molecule has 0 radical (unpaired) electrons. The van der Waals surface area contributed by atoms with Crippen molar-refractivity contribution in [3.63, 3.8) is 0 Å². The van der Waals surface area contributed by atoms with Gasteiger partial charge in [-0.3, -0.25) is 9.59 Å². The quantitative estimate of drug-likeness (QED) is 0.827. The number of para-hydroxylation sites is 1. The molecule has 0 fully saturated rings. The number of benzene rings is 1. The smallest absolute Gasteiger partial charge is 0.249 e. The van der Waals surface area contributed by atoms with Gasteiger partial charge >= 0.3 is 0 Å². The summed E-state index contributed by atoms with van der Waals surface area (Å²) < 4.78 is 0. The predicted octanol–water partition coefficient (Wildman–Crippen LogP) is 1.95. The molecular formula is C15H17N3O2S. The molecule has 0 saturated heterocycles. The van der Waals surface area contributed by atoms with Crippen LogP contribution in [-0.2, 0) is 4.79 Å². The highest BCUT2D eigenvalue weighted by molar-refractivity contribution is 8.00. The molecule has 5 nitrogen and oxygen atoms in total. The second-order valence-corrected chi connectivity index (χ2v) is 5.91. The fourth-order valence-corrected chi connectivity index (χ4v) is 2.86. The van der Waals surface area contributed by atoms with Crippen LogP contribution in [0.1, 0.15) is 24.2 Å². The molecule has 1 heterocycles. The molecule has 0 aliphatic rings. The molecular weight excluding hydrogens is 286 g/mol. The van der Waals surface area contributed by atoms with Gasteiger partial charge in [-0.1, -0.05) is 30.0 Å². The Morgan fingerprint density at radius 3 is 2.76 bits per heavy atom. The van der Waals surface area contributed by atoms with Gasteiger partial charge in [0.1, 0.15) is 0 Å². The van der Waals surface area contributed by atoms with Crippen LogP contribution in [0.25, 0.3) is 10.9 Å². The maximum absolute atomic E-state index is 11.8. The number of nitrogens with one attached hydrogen (secondary N) is 1. The topological polar surface area (TPSA) is 85.1 Å². The van der Waals surface area contributed by atoms with Crippen molar-refractivity contribution >= 4 is 34.5 Å². The molecule has 0 unspecified atom stereocenters. The molecule has 110 valence electrons. The molecule has 2 amide bonds. The molecule has 1 aromatic carbocycles. The summed E-state index contributed by atoms with van der Waals surface area (Å²) in [5, 5.41) is 3.80. The largest absolute Gasteiger partial charge is 0.366 e. The van der Waals surface area contributed by atoms with Gasteiger partial charge in [0.05, 0.1) is 21.4 Å². The highest BCUT2D eigenvalue weighted by atomic mass is 32.2. The fraction of sp³-hybridized carbons (Fsp3) is 0.267. The maximum Gasteiger partial charge on any atom is 0.249 e. The van der Waals surface area contributed by atoms with E-state index in [2.05, 4.69) is 10.3 Å². The Morgan fingerprint density at radius 1 is 1.38 bits per heavy atom. The van der Waals surface area contributed by atoms with E-state index in [0.29, 0.717) is 22.7 Å². The summed E-state index contributed by atoms with van der Waals surface area (Å²) in [7, 11) is 0. The summed E-state index contributed by atoms with van der Waals surface area (Å²) in [4.78, 5) is 27.8. The van der Waals surface area contributed by atoms with Crippen LogP contribution in [0.15, 0.2) is 35.4 Å². The van der Waals surface area contributed by atoms with Gasteiger partial charge in [-0.25, -0.2) is 4.98 Å². The lowest BCUT2D eigenvalue weighted by Crippen LogP contribution is -2.30. The number of amides is 2. The lowest BCUT2D eigenvalue weighted by molar-refractivity contribution is -0.120. The monoisotopic (exact) mass is 303 g/mol. The lowest BCUT2D eigenvalue weighted by atomic mass is 10.1. The van der Waals surface area contributed by atoms with Crippen LogP contribution in [-0.4, -0.2) is 28.6 Å². The van der Waals surface area contributed by atoms with E-state index in [1.54, 1.807) is 13.0 Å². The van der Waals surface area contributed by atoms with E-state index >= 15 is 0 Å². The number of primary amides is 1. The number of aromatic nitrogens is 1. The molecule has 21 heavy (non-hydrogen) atoms. The van der Waals surface area contributed by atoms with Crippen molar-refractivity contribution < 1.29 is 9.59 Å². The van der Waals surface area contributed by atoms with Crippen molar-refractivity contribution in [3.8, 4) is 0 Å². The van der Waals surface area contributed by atoms with E-state index in [1.165, 1.54) is 11.8 Å². The normalized spacial score (nSPS) is 12.1. The third-order valence-corrected chi connectivity index (χ3v) is 3.99. The number of fused-ring (bicyclic) bond motifs is 1. The molecule has 1 aromatic heterocycles. The van der Waals surface area contributed by atoms with Crippen molar-refractivity contribution in [1.29, 1.82) is 0 Å². The fourth-order valence-electron chi connectivity index (χ4n) is 1.97. The third kappa shape index (κ3) is 3.52. The predicted molar refractivity (Wildman–Crippen MR) is 84.3 cm³/mol. The number of nitrogens with two attached hydrogens (primary N) is 1. The first-order valence-corrected chi connectivity index (χ1v) is 7.55. The Balaban J connectivity index is 2.37. The first-order chi connectivity index (χ1) is 10.0. The van der Waals surface area contributed by atoms with E-state index in [1.807, 2.05) is 31.2 Å².